The molecule has 1 saturated heterocycles. The van der Waals surface area contributed by atoms with Gasteiger partial charge in [0.2, 0.25) is 0 Å². The second-order valence-electron chi connectivity index (χ2n) is 13.0. The molecule has 1 aromatic carbocycles. The molecule has 0 amide bonds. The Morgan fingerprint density at radius 1 is 1.21 bits per heavy atom. The molecule has 4 aliphatic carbocycles. The van der Waals surface area contributed by atoms with Gasteiger partial charge in [0, 0.05) is 42.8 Å². The van der Waals surface area contributed by atoms with Gasteiger partial charge in [-0.15, -0.1) is 6.58 Å². The van der Waals surface area contributed by atoms with Gasteiger partial charge in [-0.05, 0) is 85.5 Å². The standard InChI is InChI=1S/C33H40N2O4/c1-4-22-17-28-25-9-11-32(37)19-33(38-15-16-39-33)12-10-27(32)29(25)26(18-31(28,3)30(22)21(2)36)23-5-7-24(8-6-23)35-14-13-34-20-35/h4-8,13-14,20,22,25-26,28,30,37H,1,9-12,15-19H2,2-3H3/t22-,25?,26-,28?,30?,31+,32-/m1/s1. The predicted octanol–water partition coefficient (Wildman–Crippen LogP) is 5.76. The third-order valence-corrected chi connectivity index (χ3v) is 11.2. The second-order valence-corrected chi connectivity index (χ2v) is 13.0. The highest BCUT2D eigenvalue weighted by atomic mass is 16.7. The minimum absolute atomic E-state index is 0.00463. The van der Waals surface area contributed by atoms with Crippen molar-refractivity contribution in [3.63, 3.8) is 0 Å². The molecule has 1 spiro atoms. The van der Waals surface area contributed by atoms with E-state index in [0.717, 1.165) is 44.2 Å². The SMILES string of the molecule is C=C[C@@H]1CC2C3CC[C@@]4(O)CC5(CCC4=C3[C@@H](c3ccc(-n4ccnc4)cc3)C[C@]2(C)C1C(C)=O)OCCO5. The summed E-state index contributed by atoms with van der Waals surface area (Å²) in [7, 11) is 0. The van der Waals surface area contributed by atoms with Crippen molar-refractivity contribution in [2.45, 2.75) is 76.1 Å². The lowest BCUT2D eigenvalue weighted by Crippen LogP contribution is -2.53. The number of carbonyl (C=O) groups is 1. The quantitative estimate of drug-likeness (QED) is 0.511. The molecule has 7 atom stereocenters. The number of carbonyl (C=O) groups excluding carboxylic acids is 1. The Labute approximate surface area is 231 Å². The van der Waals surface area contributed by atoms with Crippen molar-refractivity contribution in [2.75, 3.05) is 13.2 Å². The third-order valence-electron chi connectivity index (χ3n) is 11.2. The summed E-state index contributed by atoms with van der Waals surface area (Å²) in [4.78, 5) is 17.3. The molecular formula is C33H40N2O4. The molecule has 39 heavy (non-hydrogen) atoms. The van der Waals surface area contributed by atoms with Gasteiger partial charge in [0.15, 0.2) is 5.79 Å². The number of benzene rings is 1. The van der Waals surface area contributed by atoms with Crippen molar-refractivity contribution in [3.05, 3.63) is 72.4 Å². The predicted molar refractivity (Wildman–Crippen MR) is 148 cm³/mol. The summed E-state index contributed by atoms with van der Waals surface area (Å²) in [6.45, 7) is 9.52. The Hall–Kier alpha value is -2.54. The van der Waals surface area contributed by atoms with Crippen LogP contribution in [-0.4, -0.2) is 45.0 Å². The summed E-state index contributed by atoms with van der Waals surface area (Å²) in [5.74, 6) is 0.799. The lowest BCUT2D eigenvalue weighted by atomic mass is 9.50. The highest BCUT2D eigenvalue weighted by Gasteiger charge is 2.62. The number of allylic oxidation sites excluding steroid dienone is 2. The Morgan fingerprint density at radius 2 is 1.97 bits per heavy atom. The average Bonchev–Trinajstić information content (AvgIpc) is 3.67. The maximum absolute atomic E-state index is 13.1. The van der Waals surface area contributed by atoms with Crippen LogP contribution in [0, 0.1) is 29.1 Å². The number of hydrogen-bond donors (Lipinski definition) is 1. The first kappa shape index (κ1) is 25.4. The van der Waals surface area contributed by atoms with Gasteiger partial charge in [-0.25, -0.2) is 4.98 Å². The zero-order chi connectivity index (χ0) is 27.0. The maximum Gasteiger partial charge on any atom is 0.171 e. The second kappa shape index (κ2) is 8.98. The molecule has 7 rings (SSSR count). The van der Waals surface area contributed by atoms with E-state index >= 15 is 0 Å². The molecule has 5 aliphatic rings. The molecule has 2 heterocycles. The van der Waals surface area contributed by atoms with Crippen LogP contribution in [0.15, 0.2) is 66.8 Å². The summed E-state index contributed by atoms with van der Waals surface area (Å²) in [5.41, 5.74) is 4.03. The van der Waals surface area contributed by atoms with Gasteiger partial charge in [0.1, 0.15) is 5.78 Å². The van der Waals surface area contributed by atoms with Gasteiger partial charge in [-0.3, -0.25) is 4.79 Å². The van der Waals surface area contributed by atoms with Crippen molar-refractivity contribution in [3.8, 4) is 5.69 Å². The van der Waals surface area contributed by atoms with Crippen molar-refractivity contribution in [1.82, 2.24) is 9.55 Å². The van der Waals surface area contributed by atoms with E-state index in [1.165, 1.54) is 16.7 Å². The Kier molecular flexibility index (Phi) is 5.86. The molecule has 0 bridgehead atoms. The monoisotopic (exact) mass is 528 g/mol. The fourth-order valence-corrected chi connectivity index (χ4v) is 9.70. The van der Waals surface area contributed by atoms with Crippen molar-refractivity contribution in [1.29, 1.82) is 0 Å². The van der Waals surface area contributed by atoms with Gasteiger partial charge < -0.3 is 19.1 Å². The Bertz CT molecular complexity index is 1310. The number of rotatable bonds is 4. The molecule has 206 valence electrons. The number of hydrogen-bond acceptors (Lipinski definition) is 5. The minimum atomic E-state index is -0.895. The van der Waals surface area contributed by atoms with Crippen LogP contribution in [0.2, 0.25) is 0 Å². The summed E-state index contributed by atoms with van der Waals surface area (Å²) in [6.07, 6.45) is 13.3. The van der Waals surface area contributed by atoms with Crippen molar-refractivity contribution < 1.29 is 19.4 Å². The first-order valence-electron chi connectivity index (χ1n) is 14.7. The number of aromatic nitrogens is 2. The van der Waals surface area contributed by atoms with E-state index in [9.17, 15) is 9.90 Å². The molecule has 0 radical (unpaired) electrons. The zero-order valence-electron chi connectivity index (χ0n) is 23.1. The van der Waals surface area contributed by atoms with Gasteiger partial charge in [-0.1, -0.05) is 30.7 Å². The highest BCUT2D eigenvalue weighted by Crippen LogP contribution is 2.68. The molecule has 6 nitrogen and oxygen atoms in total. The third kappa shape index (κ3) is 3.78. The molecule has 4 fully saturated rings. The molecule has 1 N–H and O–H groups in total. The fraction of sp³-hybridized carbons (Fsp3) is 0.576. The Morgan fingerprint density at radius 3 is 2.64 bits per heavy atom. The van der Waals surface area contributed by atoms with Gasteiger partial charge >= 0.3 is 0 Å². The van der Waals surface area contributed by atoms with Gasteiger partial charge in [-0.2, -0.15) is 0 Å². The fourth-order valence-electron chi connectivity index (χ4n) is 9.70. The molecule has 6 heteroatoms. The van der Waals surface area contributed by atoms with Crippen LogP contribution in [0.25, 0.3) is 5.69 Å². The van der Waals surface area contributed by atoms with E-state index in [2.05, 4.69) is 42.8 Å². The number of nitrogens with zero attached hydrogens (tertiary/aromatic N) is 2. The largest absolute Gasteiger partial charge is 0.385 e. The number of aliphatic hydroxyl groups is 1. The van der Waals surface area contributed by atoms with Crippen molar-refractivity contribution >= 4 is 5.78 Å². The molecule has 1 aliphatic heterocycles. The van der Waals surface area contributed by atoms with Gasteiger partial charge in [0.25, 0.3) is 0 Å². The van der Waals surface area contributed by atoms with Crippen LogP contribution in [0.1, 0.15) is 70.3 Å². The van der Waals surface area contributed by atoms with Crippen LogP contribution >= 0.6 is 0 Å². The lowest BCUT2D eigenvalue weighted by Gasteiger charge is -2.56. The number of ether oxygens (including phenoxy) is 2. The summed E-state index contributed by atoms with van der Waals surface area (Å²) >= 11 is 0. The van der Waals surface area contributed by atoms with E-state index in [1.54, 1.807) is 13.1 Å². The normalized spacial score (nSPS) is 38.8. The smallest absolute Gasteiger partial charge is 0.171 e. The number of fused-ring (bicyclic) bond motifs is 4. The van der Waals surface area contributed by atoms with E-state index in [1.807, 2.05) is 23.2 Å². The van der Waals surface area contributed by atoms with Crippen molar-refractivity contribution in [2.24, 2.45) is 29.1 Å². The molecular weight excluding hydrogens is 488 g/mol. The first-order chi connectivity index (χ1) is 18.8. The molecule has 2 aromatic rings. The summed E-state index contributed by atoms with van der Waals surface area (Å²) in [5, 5.41) is 12.2. The van der Waals surface area contributed by atoms with Crippen LogP contribution in [0.4, 0.5) is 0 Å². The van der Waals surface area contributed by atoms with Crippen LogP contribution in [-0.2, 0) is 14.3 Å². The van der Waals surface area contributed by atoms with E-state index in [-0.39, 0.29) is 29.0 Å². The van der Waals surface area contributed by atoms with Gasteiger partial charge in [0.05, 0.1) is 25.1 Å². The van der Waals surface area contributed by atoms with Crippen LogP contribution in [0.5, 0.6) is 0 Å². The number of imidazole rings is 1. The minimum Gasteiger partial charge on any atom is -0.385 e. The zero-order valence-corrected chi connectivity index (χ0v) is 23.1. The first-order valence-corrected chi connectivity index (χ1v) is 14.7. The average molecular weight is 529 g/mol. The molecule has 3 unspecified atom stereocenters. The maximum atomic E-state index is 13.1. The molecule has 3 saturated carbocycles. The lowest BCUT2D eigenvalue weighted by molar-refractivity contribution is -0.208. The van der Waals surface area contributed by atoms with Crippen LogP contribution < -0.4 is 0 Å². The summed E-state index contributed by atoms with van der Waals surface area (Å²) in [6, 6.07) is 8.83. The Balaban J connectivity index is 1.35. The van der Waals surface area contributed by atoms with E-state index in [4.69, 9.17) is 9.47 Å². The molecule has 1 aromatic heterocycles. The number of Topliss-reactive ketones (excluding diaryl/α,β-unsaturated/α-hetero) is 1. The topological polar surface area (TPSA) is 73.6 Å². The van der Waals surface area contributed by atoms with E-state index < -0.39 is 11.4 Å². The van der Waals surface area contributed by atoms with E-state index in [0.29, 0.717) is 31.5 Å². The summed E-state index contributed by atoms with van der Waals surface area (Å²) < 4.78 is 14.2. The highest BCUT2D eigenvalue weighted by molar-refractivity contribution is 5.80. The van der Waals surface area contributed by atoms with Crippen LogP contribution in [0.3, 0.4) is 0 Å². The number of ketones is 1.